The Hall–Kier alpha value is -1.95. The van der Waals surface area contributed by atoms with Gasteiger partial charge in [0.2, 0.25) is 0 Å². The zero-order chi connectivity index (χ0) is 16.6. The highest BCUT2D eigenvalue weighted by Crippen LogP contribution is 2.32. The molecule has 6 heteroatoms. The molecule has 3 heterocycles. The molecule has 1 aliphatic rings. The second-order valence-electron chi connectivity index (χ2n) is 6.49. The van der Waals surface area contributed by atoms with Crippen molar-refractivity contribution in [2.75, 3.05) is 18.0 Å². The summed E-state index contributed by atoms with van der Waals surface area (Å²) < 4.78 is 1.90. The lowest BCUT2D eigenvalue weighted by atomic mass is 9.91. The van der Waals surface area contributed by atoms with E-state index >= 15 is 0 Å². The summed E-state index contributed by atoms with van der Waals surface area (Å²) in [4.78, 5) is 15.7. The van der Waals surface area contributed by atoms with Crippen LogP contribution in [0.2, 0.25) is 0 Å². The Morgan fingerprint density at radius 2 is 2.04 bits per heavy atom. The minimum atomic E-state index is -0.540. The van der Waals surface area contributed by atoms with Gasteiger partial charge in [0.1, 0.15) is 23.6 Å². The zero-order valence-electron chi connectivity index (χ0n) is 14.3. The molecule has 124 valence electrons. The minimum absolute atomic E-state index is 0.167. The van der Waals surface area contributed by atoms with Crippen LogP contribution in [0, 0.1) is 26.7 Å². The fraction of sp³-hybridized carbons (Fsp3) is 0.588. The van der Waals surface area contributed by atoms with Crippen LogP contribution in [-0.4, -0.2) is 37.7 Å². The first-order valence-corrected chi connectivity index (χ1v) is 8.19. The number of nitrogens with zero attached hydrogens (tertiary/aromatic N) is 5. The molecule has 23 heavy (non-hydrogen) atoms. The summed E-state index contributed by atoms with van der Waals surface area (Å²) in [6, 6.07) is 0. The maximum Gasteiger partial charge on any atom is 0.137 e. The molecule has 1 saturated heterocycles. The average molecular weight is 315 g/mol. The number of imidazole rings is 1. The van der Waals surface area contributed by atoms with Crippen LogP contribution in [0.3, 0.4) is 0 Å². The summed E-state index contributed by atoms with van der Waals surface area (Å²) in [5, 5.41) is 10.7. The molecular weight excluding hydrogens is 290 g/mol. The molecule has 0 aromatic carbocycles. The van der Waals surface area contributed by atoms with E-state index in [2.05, 4.69) is 26.8 Å². The van der Waals surface area contributed by atoms with Gasteiger partial charge in [0, 0.05) is 49.7 Å². The third kappa shape index (κ3) is 3.08. The van der Waals surface area contributed by atoms with Crippen LogP contribution >= 0.6 is 0 Å². The first kappa shape index (κ1) is 15.9. The third-order valence-corrected chi connectivity index (χ3v) is 4.80. The number of aryl methyl sites for hydroxylation is 3. The first-order chi connectivity index (χ1) is 11.0. The van der Waals surface area contributed by atoms with Crippen LogP contribution in [0.15, 0.2) is 12.4 Å². The number of hydrogen-bond donors (Lipinski definition) is 1. The molecule has 0 amide bonds. The van der Waals surface area contributed by atoms with Gasteiger partial charge in [0.05, 0.1) is 0 Å². The zero-order valence-corrected chi connectivity index (χ0v) is 14.3. The van der Waals surface area contributed by atoms with Gasteiger partial charge in [0.25, 0.3) is 0 Å². The molecule has 2 aromatic rings. The lowest BCUT2D eigenvalue weighted by Gasteiger charge is -2.36. The number of aromatic nitrogens is 4. The molecule has 1 aliphatic heterocycles. The molecular formula is C17H25N5O. The lowest BCUT2D eigenvalue weighted by molar-refractivity contribution is 0.0873. The second kappa shape index (κ2) is 6.28. The molecule has 0 spiro atoms. The fourth-order valence-corrected chi connectivity index (χ4v) is 3.39. The van der Waals surface area contributed by atoms with Gasteiger partial charge < -0.3 is 14.6 Å². The molecule has 0 radical (unpaired) electrons. The van der Waals surface area contributed by atoms with Gasteiger partial charge in [-0.15, -0.1) is 0 Å². The summed E-state index contributed by atoms with van der Waals surface area (Å²) in [6.07, 6.45) is 5.13. The van der Waals surface area contributed by atoms with Crippen molar-refractivity contribution in [3.05, 3.63) is 35.3 Å². The number of aliphatic hydroxyl groups is 1. The third-order valence-electron chi connectivity index (χ3n) is 4.80. The van der Waals surface area contributed by atoms with E-state index in [0.717, 1.165) is 54.7 Å². The number of rotatable bonds is 3. The Balaban J connectivity index is 1.83. The number of piperidine rings is 1. The summed E-state index contributed by atoms with van der Waals surface area (Å²) in [5.74, 6) is 2.71. The number of aliphatic hydroxyl groups excluding tert-OH is 1. The Bertz CT molecular complexity index is 696. The normalized spacial score (nSPS) is 19.9. The van der Waals surface area contributed by atoms with Gasteiger partial charge in [-0.25, -0.2) is 15.0 Å². The van der Waals surface area contributed by atoms with Gasteiger partial charge in [-0.1, -0.05) is 0 Å². The molecule has 1 N–H and O–H groups in total. The largest absolute Gasteiger partial charge is 0.385 e. The van der Waals surface area contributed by atoms with Crippen LogP contribution in [0.1, 0.15) is 41.9 Å². The van der Waals surface area contributed by atoms with Crippen molar-refractivity contribution in [2.24, 2.45) is 13.0 Å². The molecule has 1 fully saturated rings. The van der Waals surface area contributed by atoms with E-state index in [1.165, 1.54) is 0 Å². The predicted molar refractivity (Wildman–Crippen MR) is 89.3 cm³/mol. The van der Waals surface area contributed by atoms with Gasteiger partial charge in [-0.05, 0) is 33.6 Å². The Labute approximate surface area is 137 Å². The van der Waals surface area contributed by atoms with Crippen molar-refractivity contribution in [3.8, 4) is 0 Å². The van der Waals surface area contributed by atoms with Crippen LogP contribution in [0.5, 0.6) is 0 Å². The van der Waals surface area contributed by atoms with Crippen molar-refractivity contribution >= 4 is 5.82 Å². The predicted octanol–water partition coefficient (Wildman–Crippen LogP) is 2.09. The minimum Gasteiger partial charge on any atom is -0.385 e. The Kier molecular flexibility index (Phi) is 4.35. The van der Waals surface area contributed by atoms with E-state index in [-0.39, 0.29) is 5.92 Å². The Morgan fingerprint density at radius 3 is 2.74 bits per heavy atom. The van der Waals surface area contributed by atoms with Gasteiger partial charge in [0.15, 0.2) is 0 Å². The van der Waals surface area contributed by atoms with Crippen LogP contribution < -0.4 is 4.90 Å². The average Bonchev–Trinajstić information content (AvgIpc) is 2.96. The molecule has 0 aliphatic carbocycles. The van der Waals surface area contributed by atoms with Crippen LogP contribution in [0.25, 0.3) is 0 Å². The molecule has 2 aromatic heterocycles. The highest BCUT2D eigenvalue weighted by atomic mass is 16.3. The van der Waals surface area contributed by atoms with Crippen LogP contribution in [-0.2, 0) is 7.05 Å². The second-order valence-corrected chi connectivity index (χ2v) is 6.49. The first-order valence-electron chi connectivity index (χ1n) is 8.19. The Morgan fingerprint density at radius 1 is 1.26 bits per heavy atom. The van der Waals surface area contributed by atoms with E-state index in [4.69, 9.17) is 0 Å². The van der Waals surface area contributed by atoms with E-state index < -0.39 is 6.10 Å². The standard InChI is InChI=1S/C17H25N5O/c1-11-12(2)19-13(3)20-16(11)22-8-5-6-14(10-22)15(23)17-18-7-9-21(17)4/h7,9,14-15,23H,5-6,8,10H2,1-4H3. The van der Waals surface area contributed by atoms with E-state index in [1.54, 1.807) is 6.20 Å². The highest BCUT2D eigenvalue weighted by molar-refractivity contribution is 5.48. The van der Waals surface area contributed by atoms with Gasteiger partial charge in [-0.3, -0.25) is 0 Å². The van der Waals surface area contributed by atoms with Crippen molar-refractivity contribution < 1.29 is 5.11 Å². The van der Waals surface area contributed by atoms with Crippen molar-refractivity contribution in [1.29, 1.82) is 0 Å². The lowest BCUT2D eigenvalue weighted by Crippen LogP contribution is -2.39. The summed E-state index contributed by atoms with van der Waals surface area (Å²) in [6.45, 7) is 7.80. The van der Waals surface area contributed by atoms with E-state index in [9.17, 15) is 5.11 Å². The SMILES string of the molecule is Cc1nc(C)c(C)c(N2CCCC(C(O)c3nccn3C)C2)n1. The highest BCUT2D eigenvalue weighted by Gasteiger charge is 2.30. The molecule has 0 bridgehead atoms. The molecule has 6 nitrogen and oxygen atoms in total. The maximum atomic E-state index is 10.7. The molecule has 0 saturated carbocycles. The molecule has 3 rings (SSSR count). The van der Waals surface area contributed by atoms with Crippen molar-refractivity contribution in [1.82, 2.24) is 19.5 Å². The van der Waals surface area contributed by atoms with Gasteiger partial charge >= 0.3 is 0 Å². The van der Waals surface area contributed by atoms with Gasteiger partial charge in [-0.2, -0.15) is 0 Å². The molecule has 2 unspecified atom stereocenters. The van der Waals surface area contributed by atoms with E-state index in [1.807, 2.05) is 31.7 Å². The monoisotopic (exact) mass is 315 g/mol. The van der Waals surface area contributed by atoms with Crippen molar-refractivity contribution in [2.45, 2.75) is 39.7 Å². The molecule has 2 atom stereocenters. The fourth-order valence-electron chi connectivity index (χ4n) is 3.39. The maximum absolute atomic E-state index is 10.7. The smallest absolute Gasteiger partial charge is 0.137 e. The summed E-state index contributed by atoms with van der Waals surface area (Å²) in [7, 11) is 1.92. The summed E-state index contributed by atoms with van der Waals surface area (Å²) in [5.41, 5.74) is 2.15. The van der Waals surface area contributed by atoms with Crippen molar-refractivity contribution in [3.63, 3.8) is 0 Å². The quantitative estimate of drug-likeness (QED) is 0.939. The van der Waals surface area contributed by atoms with Crippen LogP contribution in [0.4, 0.5) is 5.82 Å². The number of anilines is 1. The topological polar surface area (TPSA) is 67.1 Å². The summed E-state index contributed by atoms with van der Waals surface area (Å²) >= 11 is 0. The number of hydrogen-bond acceptors (Lipinski definition) is 5. The van der Waals surface area contributed by atoms with E-state index in [0.29, 0.717) is 0 Å².